The smallest absolute Gasteiger partial charge is 0.332 e. The van der Waals surface area contributed by atoms with Gasteiger partial charge in [0.05, 0.1) is 25.3 Å². The van der Waals surface area contributed by atoms with Crippen molar-refractivity contribution in [1.82, 2.24) is 16.0 Å². The summed E-state index contributed by atoms with van der Waals surface area (Å²) in [7, 11) is 1.52. The summed E-state index contributed by atoms with van der Waals surface area (Å²) in [6.07, 6.45) is 0.571. The molecule has 0 saturated carbocycles. The van der Waals surface area contributed by atoms with Gasteiger partial charge in [0.15, 0.2) is 0 Å². The van der Waals surface area contributed by atoms with Gasteiger partial charge < -0.3 is 39.4 Å². The van der Waals surface area contributed by atoms with Crippen LogP contribution in [0.1, 0.15) is 40.5 Å². The van der Waals surface area contributed by atoms with E-state index in [1.165, 1.54) is 14.2 Å². The highest BCUT2D eigenvalue weighted by molar-refractivity contribution is 8.00. The van der Waals surface area contributed by atoms with E-state index in [-0.39, 0.29) is 47.9 Å². The molecule has 2 aliphatic heterocycles. The van der Waals surface area contributed by atoms with Gasteiger partial charge in [-0.25, -0.2) is 4.79 Å². The second kappa shape index (κ2) is 12.9. The molecule has 12 heteroatoms. The Labute approximate surface area is 202 Å². The lowest BCUT2D eigenvalue weighted by atomic mass is 9.71. The van der Waals surface area contributed by atoms with E-state index in [1.807, 2.05) is 25.6 Å². The Balaban J connectivity index is 1.66. The highest BCUT2D eigenvalue weighted by atomic mass is 32.2. The molecule has 4 N–H and O–H groups in total. The van der Waals surface area contributed by atoms with E-state index in [0.717, 1.165) is 5.75 Å². The Kier molecular flexibility index (Phi) is 11.1. The number of hydrogen-bond donors (Lipinski definition) is 4. The molecule has 4 atom stereocenters. The number of rotatable bonds is 15. The molecule has 0 aliphatic carbocycles. The zero-order valence-corrected chi connectivity index (χ0v) is 22.2. The van der Waals surface area contributed by atoms with E-state index in [0.29, 0.717) is 26.0 Å². The van der Waals surface area contributed by atoms with Crippen LogP contribution in [0.5, 0.6) is 0 Å². The zero-order valence-electron chi connectivity index (χ0n) is 20.5. The molecule has 2 heterocycles. The molecule has 0 bridgehead atoms. The number of hydrogen-bond acceptors (Lipinski definition) is 8. The molecule has 3 amide bonds. The van der Waals surface area contributed by atoms with Crippen LogP contribution < -0.4 is 16.0 Å². The summed E-state index contributed by atoms with van der Waals surface area (Å²) in [6, 6.07) is 0.168. The number of nitrogens with one attached hydrogen (secondary N) is 3. The van der Waals surface area contributed by atoms with Gasteiger partial charge in [0.25, 0.3) is 0 Å². The van der Waals surface area contributed by atoms with E-state index in [2.05, 4.69) is 29.8 Å². The van der Waals surface area contributed by atoms with E-state index in [4.69, 9.17) is 18.3 Å². The molecule has 0 aromatic rings. The lowest BCUT2D eigenvalue weighted by molar-refractivity contribution is -0.131. The highest BCUT2D eigenvalue weighted by Gasteiger charge is 2.51. The number of amides is 3. The van der Waals surface area contributed by atoms with Crippen molar-refractivity contribution >= 4 is 32.3 Å². The first-order valence-corrected chi connectivity index (χ1v) is 13.4. The Morgan fingerprint density at radius 1 is 1.24 bits per heavy atom. The monoisotopic (exact) mass is 509 g/mol. The Morgan fingerprint density at radius 3 is 2.61 bits per heavy atom. The van der Waals surface area contributed by atoms with Crippen molar-refractivity contribution in [2.24, 2.45) is 10.8 Å². The number of thioether (sulfide) groups is 1. The first-order valence-electron chi connectivity index (χ1n) is 11.2. The number of urea groups is 1. The predicted octanol–water partition coefficient (Wildman–Crippen LogP) is 2.01. The third kappa shape index (κ3) is 8.49. The first-order chi connectivity index (χ1) is 15.5. The minimum atomic E-state index is -1.44. The molecule has 33 heavy (non-hydrogen) atoms. The van der Waals surface area contributed by atoms with Crippen molar-refractivity contribution in [2.45, 2.75) is 64.0 Å². The normalized spacial score (nSPS) is 23.9. The lowest BCUT2D eigenvalue weighted by Crippen LogP contribution is -2.48. The summed E-state index contributed by atoms with van der Waals surface area (Å²) in [5.74, 6) is 0.898. The van der Waals surface area contributed by atoms with Crippen LogP contribution in [0.2, 0.25) is 0 Å². The van der Waals surface area contributed by atoms with Crippen molar-refractivity contribution < 1.29 is 33.0 Å². The molecule has 2 saturated heterocycles. The SMILES string of the molecule is COP(OC)OCC(O)COCCCNC(=O)C(C)(C)CC(C)(C)C1SCC2NC(=O)NC21. The van der Waals surface area contributed by atoms with Crippen LogP contribution in [0.15, 0.2) is 0 Å². The summed E-state index contributed by atoms with van der Waals surface area (Å²) in [6.45, 7) is 9.41. The molecular weight excluding hydrogens is 469 g/mol. The van der Waals surface area contributed by atoms with E-state index in [9.17, 15) is 14.7 Å². The van der Waals surface area contributed by atoms with Crippen LogP contribution >= 0.6 is 20.4 Å². The molecule has 0 spiro atoms. The maximum atomic E-state index is 12.9. The van der Waals surface area contributed by atoms with Gasteiger partial charge in [-0.1, -0.05) is 27.7 Å². The lowest BCUT2D eigenvalue weighted by Gasteiger charge is -2.39. The zero-order chi connectivity index (χ0) is 24.6. The van der Waals surface area contributed by atoms with E-state index in [1.54, 1.807) is 0 Å². The van der Waals surface area contributed by atoms with Crippen molar-refractivity contribution in [3.05, 3.63) is 0 Å². The van der Waals surface area contributed by atoms with Crippen LogP contribution in [0.3, 0.4) is 0 Å². The fraction of sp³-hybridized carbons (Fsp3) is 0.905. The summed E-state index contributed by atoms with van der Waals surface area (Å²) in [5.41, 5.74) is -0.675. The molecule has 0 aromatic carbocycles. The topological polar surface area (TPSA) is 127 Å². The van der Waals surface area contributed by atoms with Crippen LogP contribution in [-0.2, 0) is 23.1 Å². The third-order valence-electron chi connectivity index (χ3n) is 5.84. The molecular formula is C21H40N3O7PS. The van der Waals surface area contributed by atoms with E-state index < -0.39 is 20.1 Å². The molecule has 2 rings (SSSR count). The van der Waals surface area contributed by atoms with Gasteiger partial charge >= 0.3 is 14.6 Å². The predicted molar refractivity (Wildman–Crippen MR) is 129 cm³/mol. The molecule has 2 aliphatic rings. The molecule has 192 valence electrons. The Hall–Kier alpha value is -0.680. The van der Waals surface area contributed by atoms with Crippen LogP contribution in [0.25, 0.3) is 0 Å². The summed E-state index contributed by atoms with van der Waals surface area (Å²) in [5, 5.41) is 19.1. The number of ether oxygens (including phenoxy) is 1. The molecule has 2 fully saturated rings. The Morgan fingerprint density at radius 2 is 1.94 bits per heavy atom. The van der Waals surface area contributed by atoms with Gasteiger partial charge in [-0.2, -0.15) is 11.8 Å². The van der Waals surface area contributed by atoms with Gasteiger partial charge in [0, 0.05) is 43.8 Å². The first kappa shape index (κ1) is 28.6. The standard InChI is InChI=1S/C21H40N3O7PS/c1-20(2,17-16-15(12-33-17)23-19(27)24-16)13-21(3,4)18(26)22-8-7-9-30-10-14(25)11-31-32(28-5)29-6/h14-17,25H,7-13H2,1-6H3,(H,22,26)(H2,23,24,27). The minimum Gasteiger partial charge on any atom is -0.388 e. The second-order valence-electron chi connectivity index (χ2n) is 9.78. The fourth-order valence-corrected chi connectivity index (χ4v) is 6.89. The molecule has 10 nitrogen and oxygen atoms in total. The number of carbonyl (C=O) groups is 2. The van der Waals surface area contributed by atoms with Crippen molar-refractivity contribution in [3.63, 3.8) is 0 Å². The molecule has 0 aromatic heterocycles. The van der Waals surface area contributed by atoms with Crippen molar-refractivity contribution in [1.29, 1.82) is 0 Å². The van der Waals surface area contributed by atoms with Crippen LogP contribution in [-0.4, -0.2) is 86.8 Å². The number of fused-ring (bicyclic) bond motifs is 1. The van der Waals surface area contributed by atoms with Gasteiger partial charge in [-0.3, -0.25) is 4.79 Å². The van der Waals surface area contributed by atoms with Gasteiger partial charge in [-0.15, -0.1) is 0 Å². The van der Waals surface area contributed by atoms with Crippen molar-refractivity contribution in [2.75, 3.05) is 46.3 Å². The largest absolute Gasteiger partial charge is 0.388 e. The second-order valence-corrected chi connectivity index (χ2v) is 12.4. The summed E-state index contributed by atoms with van der Waals surface area (Å²) in [4.78, 5) is 24.6. The van der Waals surface area contributed by atoms with Gasteiger partial charge in [-0.05, 0) is 18.3 Å². The van der Waals surface area contributed by atoms with Gasteiger partial charge in [0.2, 0.25) is 5.91 Å². The Bertz CT molecular complexity index is 651. The van der Waals surface area contributed by atoms with Crippen LogP contribution in [0.4, 0.5) is 4.79 Å². The highest BCUT2D eigenvalue weighted by Crippen LogP contribution is 2.47. The summed E-state index contributed by atoms with van der Waals surface area (Å²) < 4.78 is 20.6. The quantitative estimate of drug-likeness (QED) is 0.150. The van der Waals surface area contributed by atoms with Gasteiger partial charge in [0.1, 0.15) is 6.10 Å². The molecule has 0 radical (unpaired) electrons. The number of carbonyl (C=O) groups excluding carboxylic acids is 2. The minimum absolute atomic E-state index is 0.00428. The van der Waals surface area contributed by atoms with Crippen molar-refractivity contribution in [3.8, 4) is 0 Å². The average Bonchev–Trinajstić information content (AvgIpc) is 3.29. The van der Waals surface area contributed by atoms with E-state index >= 15 is 0 Å². The van der Waals surface area contributed by atoms with Crippen LogP contribution in [0, 0.1) is 10.8 Å². The summed E-state index contributed by atoms with van der Waals surface area (Å²) >= 11 is 1.86. The molecule has 4 unspecified atom stereocenters. The maximum absolute atomic E-state index is 12.9. The third-order valence-corrected chi connectivity index (χ3v) is 8.64. The number of aliphatic hydroxyl groups is 1. The number of aliphatic hydroxyl groups excluding tert-OH is 1. The average molecular weight is 510 g/mol. The fourth-order valence-electron chi connectivity index (χ4n) is 4.54. The maximum Gasteiger partial charge on any atom is 0.332 e.